The first-order chi connectivity index (χ1) is 13.4. The number of rotatable bonds is 6. The van der Waals surface area contributed by atoms with Crippen molar-refractivity contribution in [1.29, 1.82) is 0 Å². The zero-order chi connectivity index (χ0) is 20.3. The largest absolute Gasteiger partial charge is 0.321 e. The number of amides is 2. The molecule has 0 saturated carbocycles. The van der Waals surface area contributed by atoms with Gasteiger partial charge in [-0.05, 0) is 32.9 Å². The first-order valence-electron chi connectivity index (χ1n) is 8.85. The molecule has 0 bridgehead atoms. The Hall–Kier alpha value is -3.13. The van der Waals surface area contributed by atoms with Crippen LogP contribution in [0.2, 0.25) is 5.02 Å². The summed E-state index contributed by atoms with van der Waals surface area (Å²) in [5, 5.41) is 14.5. The molecule has 146 valence electrons. The molecule has 9 heteroatoms. The van der Waals surface area contributed by atoms with E-state index in [1.54, 1.807) is 43.1 Å². The maximum absolute atomic E-state index is 12.7. The number of hydrogen-bond acceptors (Lipinski definition) is 4. The van der Waals surface area contributed by atoms with Crippen LogP contribution in [0.15, 0.2) is 42.7 Å². The highest BCUT2D eigenvalue weighted by molar-refractivity contribution is 6.31. The summed E-state index contributed by atoms with van der Waals surface area (Å²) in [5.74, 6) is -0.733. The predicted octanol–water partition coefficient (Wildman–Crippen LogP) is 3.51. The van der Waals surface area contributed by atoms with E-state index >= 15 is 0 Å². The summed E-state index contributed by atoms with van der Waals surface area (Å²) < 4.78 is 3.08. The summed E-state index contributed by atoms with van der Waals surface area (Å²) in [4.78, 5) is 25.3. The lowest BCUT2D eigenvalue weighted by molar-refractivity contribution is -0.119. The van der Waals surface area contributed by atoms with E-state index in [4.69, 9.17) is 11.6 Å². The van der Waals surface area contributed by atoms with Crippen molar-refractivity contribution >= 4 is 34.8 Å². The fraction of sp³-hybridized carbons (Fsp3) is 0.263. The molecule has 2 aromatic heterocycles. The molecule has 0 fully saturated rings. The minimum absolute atomic E-state index is 0.140. The summed E-state index contributed by atoms with van der Waals surface area (Å²) in [7, 11) is 0. The molecule has 0 aliphatic rings. The second-order valence-corrected chi connectivity index (χ2v) is 6.68. The van der Waals surface area contributed by atoms with Gasteiger partial charge in [0.2, 0.25) is 5.91 Å². The zero-order valence-electron chi connectivity index (χ0n) is 15.8. The van der Waals surface area contributed by atoms with E-state index in [9.17, 15) is 9.59 Å². The molecule has 2 heterocycles. The number of nitrogens with zero attached hydrogens (tertiary/aromatic N) is 4. The molecule has 8 nitrogen and oxygen atoms in total. The van der Waals surface area contributed by atoms with Gasteiger partial charge in [-0.15, -0.1) is 0 Å². The van der Waals surface area contributed by atoms with Crippen molar-refractivity contribution < 1.29 is 9.59 Å². The smallest absolute Gasteiger partial charge is 0.278 e. The van der Waals surface area contributed by atoms with E-state index in [2.05, 4.69) is 20.8 Å². The van der Waals surface area contributed by atoms with Crippen LogP contribution in [-0.2, 0) is 11.3 Å². The average Bonchev–Trinajstić information content (AvgIpc) is 3.25. The lowest BCUT2D eigenvalue weighted by Crippen LogP contribution is -2.25. The normalized spacial score (nSPS) is 11.9. The molecular formula is C19H21ClN6O2. The van der Waals surface area contributed by atoms with Gasteiger partial charge in [0.15, 0.2) is 5.69 Å². The van der Waals surface area contributed by atoms with E-state index in [1.807, 2.05) is 25.1 Å². The van der Waals surface area contributed by atoms with E-state index in [-0.39, 0.29) is 11.6 Å². The maximum atomic E-state index is 12.7. The second-order valence-electron chi connectivity index (χ2n) is 6.27. The molecule has 1 aromatic carbocycles. The van der Waals surface area contributed by atoms with Gasteiger partial charge in [-0.1, -0.05) is 29.8 Å². The Kier molecular flexibility index (Phi) is 5.79. The molecular weight excluding hydrogens is 380 g/mol. The second kappa shape index (κ2) is 8.26. The SMILES string of the molecule is CCn1cc(NC(=O)C(C)n2cc(Cl)c(C)n2)c(C(=O)Nc2ccccc2)n1. The van der Waals surface area contributed by atoms with Crippen molar-refractivity contribution in [3.8, 4) is 0 Å². The number of halogens is 1. The maximum Gasteiger partial charge on any atom is 0.278 e. The lowest BCUT2D eigenvalue weighted by atomic mass is 10.2. The highest BCUT2D eigenvalue weighted by Crippen LogP contribution is 2.20. The highest BCUT2D eigenvalue weighted by atomic mass is 35.5. The van der Waals surface area contributed by atoms with Crippen LogP contribution in [0.1, 0.15) is 36.1 Å². The first-order valence-corrected chi connectivity index (χ1v) is 9.22. The van der Waals surface area contributed by atoms with Crippen molar-refractivity contribution in [2.24, 2.45) is 0 Å². The van der Waals surface area contributed by atoms with E-state index in [1.165, 1.54) is 4.68 Å². The van der Waals surface area contributed by atoms with Crippen molar-refractivity contribution in [1.82, 2.24) is 19.6 Å². The van der Waals surface area contributed by atoms with Crippen LogP contribution in [0, 0.1) is 6.92 Å². The molecule has 0 spiro atoms. The van der Waals surface area contributed by atoms with Crippen molar-refractivity contribution in [2.75, 3.05) is 10.6 Å². The van der Waals surface area contributed by atoms with Gasteiger partial charge in [0.25, 0.3) is 5.91 Å². The van der Waals surface area contributed by atoms with Crippen LogP contribution in [0.3, 0.4) is 0 Å². The summed E-state index contributed by atoms with van der Waals surface area (Å²) in [6.45, 7) is 5.92. The third-order valence-corrected chi connectivity index (χ3v) is 4.59. The molecule has 1 atom stereocenters. The van der Waals surface area contributed by atoms with Gasteiger partial charge in [-0.3, -0.25) is 19.0 Å². The number of aryl methyl sites for hydroxylation is 2. The molecule has 3 rings (SSSR count). The van der Waals surface area contributed by atoms with Gasteiger partial charge in [-0.25, -0.2) is 0 Å². The standard InChI is InChI=1S/C19H21ClN6O2/c1-4-25-11-16(17(24-25)19(28)21-14-8-6-5-7-9-14)22-18(27)13(3)26-10-15(20)12(2)23-26/h5-11,13H,4H2,1-3H3,(H,21,28)(H,22,27). The van der Waals surface area contributed by atoms with Gasteiger partial charge < -0.3 is 10.6 Å². The Morgan fingerprint density at radius 2 is 1.86 bits per heavy atom. The molecule has 28 heavy (non-hydrogen) atoms. The molecule has 3 aromatic rings. The third kappa shape index (κ3) is 4.23. The van der Waals surface area contributed by atoms with Crippen LogP contribution < -0.4 is 10.6 Å². The monoisotopic (exact) mass is 400 g/mol. The molecule has 0 aliphatic heterocycles. The summed E-state index contributed by atoms with van der Waals surface area (Å²) in [6, 6.07) is 8.44. The van der Waals surface area contributed by atoms with E-state index < -0.39 is 11.9 Å². The molecule has 0 saturated heterocycles. The summed E-state index contributed by atoms with van der Waals surface area (Å²) >= 11 is 6.02. The number of aromatic nitrogens is 4. The van der Waals surface area contributed by atoms with Crippen molar-refractivity contribution in [3.63, 3.8) is 0 Å². The van der Waals surface area contributed by atoms with Crippen LogP contribution >= 0.6 is 11.6 Å². The minimum atomic E-state index is -0.610. The number of carbonyl (C=O) groups is 2. The van der Waals surface area contributed by atoms with Crippen molar-refractivity contribution in [2.45, 2.75) is 33.4 Å². The Morgan fingerprint density at radius 3 is 2.46 bits per heavy atom. The van der Waals surface area contributed by atoms with Gasteiger partial charge in [0, 0.05) is 24.6 Å². The third-order valence-electron chi connectivity index (χ3n) is 4.22. The van der Waals surface area contributed by atoms with Crippen LogP contribution in [0.4, 0.5) is 11.4 Å². The Balaban J connectivity index is 1.80. The number of para-hydroxylation sites is 1. The molecule has 1 unspecified atom stereocenters. The zero-order valence-corrected chi connectivity index (χ0v) is 16.6. The minimum Gasteiger partial charge on any atom is -0.321 e. The van der Waals surface area contributed by atoms with Gasteiger partial charge >= 0.3 is 0 Å². The Morgan fingerprint density at radius 1 is 1.14 bits per heavy atom. The number of benzene rings is 1. The molecule has 2 N–H and O–H groups in total. The predicted molar refractivity (Wildman–Crippen MR) is 108 cm³/mol. The number of nitrogens with one attached hydrogen (secondary N) is 2. The van der Waals surface area contributed by atoms with E-state index in [0.717, 1.165) is 0 Å². The Labute approximate surface area is 167 Å². The van der Waals surface area contributed by atoms with Crippen LogP contribution in [-0.4, -0.2) is 31.4 Å². The van der Waals surface area contributed by atoms with Gasteiger partial charge in [0.1, 0.15) is 6.04 Å². The van der Waals surface area contributed by atoms with Gasteiger partial charge in [0.05, 0.1) is 16.4 Å². The number of carbonyl (C=O) groups excluding carboxylic acids is 2. The lowest BCUT2D eigenvalue weighted by Gasteiger charge is -2.12. The fourth-order valence-electron chi connectivity index (χ4n) is 2.57. The highest BCUT2D eigenvalue weighted by Gasteiger charge is 2.22. The van der Waals surface area contributed by atoms with Crippen molar-refractivity contribution in [3.05, 3.63) is 59.1 Å². The summed E-state index contributed by atoms with van der Waals surface area (Å²) in [6.07, 6.45) is 3.23. The van der Waals surface area contributed by atoms with Crippen LogP contribution in [0.25, 0.3) is 0 Å². The van der Waals surface area contributed by atoms with Crippen LogP contribution in [0.5, 0.6) is 0 Å². The quantitative estimate of drug-likeness (QED) is 0.662. The number of anilines is 2. The molecule has 0 aliphatic carbocycles. The fourth-order valence-corrected chi connectivity index (χ4v) is 2.71. The summed E-state index contributed by atoms with van der Waals surface area (Å²) in [5.41, 5.74) is 1.76. The van der Waals surface area contributed by atoms with E-state index in [0.29, 0.717) is 28.6 Å². The molecule has 2 amide bonds. The first kappa shape index (κ1) is 19.6. The topological polar surface area (TPSA) is 93.8 Å². The molecule has 0 radical (unpaired) electrons. The number of hydrogen-bond donors (Lipinski definition) is 2. The Bertz CT molecular complexity index is 976. The van der Waals surface area contributed by atoms with Gasteiger partial charge in [-0.2, -0.15) is 10.2 Å². The average molecular weight is 401 g/mol.